The summed E-state index contributed by atoms with van der Waals surface area (Å²) in [5.74, 6) is 0.710. The molecular weight excluding hydrogens is 445 g/mol. The van der Waals surface area contributed by atoms with Crippen LogP contribution in [-0.4, -0.2) is 65.9 Å². The lowest BCUT2D eigenvalue weighted by molar-refractivity contribution is -0.0762. The Hall–Kier alpha value is -2.58. The molecule has 7 nitrogen and oxygen atoms in total. The Morgan fingerprint density at radius 1 is 1.23 bits per heavy atom. The van der Waals surface area contributed by atoms with E-state index >= 15 is 0 Å². The van der Waals surface area contributed by atoms with Gasteiger partial charge in [-0.15, -0.1) is 10.2 Å². The molecule has 2 unspecified atom stereocenters. The van der Waals surface area contributed by atoms with Gasteiger partial charge in [-0.3, -0.25) is 4.79 Å². The molecule has 35 heavy (non-hydrogen) atoms. The molecule has 0 spiro atoms. The number of hydrogen-bond acceptors (Lipinski definition) is 6. The van der Waals surface area contributed by atoms with E-state index in [0.717, 1.165) is 38.8 Å². The van der Waals surface area contributed by atoms with Gasteiger partial charge in [0.2, 0.25) is 0 Å². The zero-order valence-electron chi connectivity index (χ0n) is 22.7. The molecule has 0 radical (unpaired) electrons. The minimum absolute atomic E-state index is 0.0108. The minimum Gasteiger partial charge on any atom is -0.376 e. The maximum absolute atomic E-state index is 14.0. The third-order valence-corrected chi connectivity index (χ3v) is 7.51. The number of ether oxygens (including phenoxy) is 1. The van der Waals surface area contributed by atoms with Gasteiger partial charge in [0.25, 0.3) is 5.91 Å². The fraction of sp³-hybridized carbons (Fsp3) is 0.593. The van der Waals surface area contributed by atoms with Crippen LogP contribution in [0.15, 0.2) is 30.3 Å². The summed E-state index contributed by atoms with van der Waals surface area (Å²) >= 11 is 0. The van der Waals surface area contributed by atoms with E-state index in [4.69, 9.17) is 7.48 Å². The topological polar surface area (TPSA) is 79.4 Å². The first-order chi connectivity index (χ1) is 17.5. The van der Waals surface area contributed by atoms with E-state index in [1.165, 1.54) is 19.2 Å². The predicted molar refractivity (Wildman–Crippen MR) is 134 cm³/mol. The SMILES string of the molecule is [2H]C([2H])(C1CCOC(C)(C)C1)N1C[C@H]2CC(Nc3ccc(-c4cc(F)cc(C(=O)NC)c4)nn3)C[C@H]2C1. The van der Waals surface area contributed by atoms with Crippen molar-refractivity contribution >= 4 is 11.7 Å². The molecule has 2 aromatic rings. The molecule has 1 aliphatic carbocycles. The Labute approximate surface area is 209 Å². The summed E-state index contributed by atoms with van der Waals surface area (Å²) in [6.07, 6.45) is 3.45. The zero-order chi connectivity index (χ0) is 26.4. The molecule has 3 fully saturated rings. The second-order valence-electron chi connectivity index (χ2n) is 10.8. The third kappa shape index (κ3) is 5.64. The summed E-state index contributed by atoms with van der Waals surface area (Å²) in [7, 11) is 1.50. The van der Waals surface area contributed by atoms with E-state index in [0.29, 0.717) is 35.5 Å². The number of nitrogens with one attached hydrogen (secondary N) is 2. The molecule has 2 aliphatic heterocycles. The van der Waals surface area contributed by atoms with Crippen LogP contribution in [0.2, 0.25) is 0 Å². The van der Waals surface area contributed by atoms with E-state index < -0.39 is 12.3 Å². The standard InChI is InChI=1S/C27H36FN5O2/c1-27(2)13-17(6-7-35-27)14-33-15-20-11-23(12-21(20)16-33)30-25-5-4-24(31-32-25)18-8-19(26(34)29-3)10-22(28)9-18/h4-5,8-10,17,20-21,23H,6-7,11-16H2,1-3H3,(H,29,34)(H,30,32)/t17?,20-,21+,23?/i14D2. The minimum atomic E-state index is -1.32. The van der Waals surface area contributed by atoms with Crippen molar-refractivity contribution in [3.63, 3.8) is 0 Å². The number of halogens is 1. The Bertz CT molecular complexity index is 1130. The molecule has 0 bridgehead atoms. The summed E-state index contributed by atoms with van der Waals surface area (Å²) in [6, 6.07) is 8.01. The molecule has 1 aromatic heterocycles. The normalized spacial score (nSPS) is 29.3. The summed E-state index contributed by atoms with van der Waals surface area (Å²) in [4.78, 5) is 14.0. The number of likely N-dealkylation sites (tertiary alicyclic amines) is 1. The second-order valence-corrected chi connectivity index (χ2v) is 10.8. The van der Waals surface area contributed by atoms with Crippen LogP contribution in [0.4, 0.5) is 10.2 Å². The van der Waals surface area contributed by atoms with Crippen molar-refractivity contribution in [1.29, 1.82) is 0 Å². The second kappa shape index (κ2) is 9.82. The zero-order valence-corrected chi connectivity index (χ0v) is 20.7. The van der Waals surface area contributed by atoms with Crippen molar-refractivity contribution in [2.75, 3.05) is 38.6 Å². The van der Waals surface area contributed by atoms with Crippen LogP contribution >= 0.6 is 0 Å². The van der Waals surface area contributed by atoms with Crippen LogP contribution in [-0.2, 0) is 4.74 Å². The van der Waals surface area contributed by atoms with Gasteiger partial charge in [0.05, 0.1) is 11.3 Å². The van der Waals surface area contributed by atoms with Crippen molar-refractivity contribution in [2.24, 2.45) is 17.8 Å². The number of nitrogens with zero attached hydrogens (tertiary/aromatic N) is 3. The van der Waals surface area contributed by atoms with Crippen molar-refractivity contribution in [2.45, 2.75) is 51.2 Å². The van der Waals surface area contributed by atoms with Crippen LogP contribution in [0.3, 0.4) is 0 Å². The largest absolute Gasteiger partial charge is 0.376 e. The molecule has 5 rings (SSSR count). The van der Waals surface area contributed by atoms with Gasteiger partial charge in [-0.25, -0.2) is 4.39 Å². The number of amides is 1. The van der Waals surface area contributed by atoms with Crippen LogP contribution in [0.5, 0.6) is 0 Å². The van der Waals surface area contributed by atoms with E-state index in [1.54, 1.807) is 12.1 Å². The van der Waals surface area contributed by atoms with Gasteiger partial charge in [0.15, 0.2) is 0 Å². The Kier molecular flexibility index (Phi) is 6.08. The van der Waals surface area contributed by atoms with E-state index in [2.05, 4.69) is 39.6 Å². The van der Waals surface area contributed by atoms with E-state index in [1.807, 2.05) is 6.07 Å². The smallest absolute Gasteiger partial charge is 0.251 e. The number of fused-ring (bicyclic) bond motifs is 1. The molecule has 8 heteroatoms. The molecular formula is C27H36FN5O2. The lowest BCUT2D eigenvalue weighted by atomic mass is 9.88. The molecule has 4 atom stereocenters. The van der Waals surface area contributed by atoms with Crippen molar-refractivity contribution in [3.8, 4) is 11.3 Å². The number of benzene rings is 1. The van der Waals surface area contributed by atoms with Gasteiger partial charge in [0.1, 0.15) is 11.6 Å². The number of carbonyl (C=O) groups excluding carboxylic acids is 1. The van der Waals surface area contributed by atoms with Gasteiger partial charge in [-0.1, -0.05) is 0 Å². The van der Waals surface area contributed by atoms with Gasteiger partial charge in [-0.2, -0.15) is 0 Å². The molecule has 3 heterocycles. The van der Waals surface area contributed by atoms with Gasteiger partial charge in [0, 0.05) is 53.2 Å². The number of anilines is 1. The van der Waals surface area contributed by atoms with Crippen LogP contribution in [0.1, 0.15) is 52.6 Å². The highest BCUT2D eigenvalue weighted by atomic mass is 19.1. The fourth-order valence-electron chi connectivity index (χ4n) is 5.91. The van der Waals surface area contributed by atoms with Gasteiger partial charge in [-0.05, 0) is 87.6 Å². The Morgan fingerprint density at radius 3 is 2.66 bits per heavy atom. The highest BCUT2D eigenvalue weighted by Crippen LogP contribution is 2.40. The first-order valence-corrected chi connectivity index (χ1v) is 12.6. The molecule has 2 N–H and O–H groups in total. The average Bonchev–Trinajstić information content (AvgIpc) is 3.42. The summed E-state index contributed by atoms with van der Waals surface area (Å²) in [5.41, 5.74) is 0.958. The lowest BCUT2D eigenvalue weighted by Gasteiger charge is -2.37. The summed E-state index contributed by atoms with van der Waals surface area (Å²) in [6.45, 7) is 4.99. The molecule has 2 saturated heterocycles. The monoisotopic (exact) mass is 483 g/mol. The Morgan fingerprint density at radius 2 is 2.00 bits per heavy atom. The number of hydrogen-bond donors (Lipinski definition) is 2. The molecule has 188 valence electrons. The summed E-state index contributed by atoms with van der Waals surface area (Å²) < 4.78 is 37.7. The van der Waals surface area contributed by atoms with Crippen molar-refractivity contribution in [3.05, 3.63) is 41.7 Å². The van der Waals surface area contributed by atoms with Crippen LogP contribution in [0.25, 0.3) is 11.3 Å². The van der Waals surface area contributed by atoms with Crippen molar-refractivity contribution in [1.82, 2.24) is 20.4 Å². The molecule has 1 saturated carbocycles. The number of aromatic nitrogens is 2. The third-order valence-electron chi connectivity index (χ3n) is 7.51. The van der Waals surface area contributed by atoms with Gasteiger partial charge >= 0.3 is 0 Å². The maximum Gasteiger partial charge on any atom is 0.251 e. The molecule has 1 amide bonds. The maximum atomic E-state index is 14.0. The first-order valence-electron chi connectivity index (χ1n) is 13.6. The van der Waals surface area contributed by atoms with Gasteiger partial charge < -0.3 is 20.3 Å². The molecule has 1 aromatic carbocycles. The predicted octanol–water partition coefficient (Wildman–Crippen LogP) is 3.97. The Balaban J connectivity index is 1.18. The van der Waals surface area contributed by atoms with Crippen LogP contribution < -0.4 is 10.6 Å². The van der Waals surface area contributed by atoms with E-state index in [9.17, 15) is 9.18 Å². The number of carbonyl (C=O) groups is 1. The van der Waals surface area contributed by atoms with Crippen LogP contribution in [0, 0.1) is 23.6 Å². The summed E-state index contributed by atoms with van der Waals surface area (Å²) in [5, 5.41) is 14.5. The van der Waals surface area contributed by atoms with Crippen molar-refractivity contribution < 1.29 is 16.7 Å². The molecule has 3 aliphatic rings. The average molecular weight is 484 g/mol. The van der Waals surface area contributed by atoms with E-state index in [-0.39, 0.29) is 29.0 Å². The lowest BCUT2D eigenvalue weighted by Crippen LogP contribution is -2.39. The first kappa shape index (κ1) is 21.7. The quantitative estimate of drug-likeness (QED) is 0.647. The highest BCUT2D eigenvalue weighted by molar-refractivity contribution is 5.95. The fourth-order valence-corrected chi connectivity index (χ4v) is 5.91. The highest BCUT2D eigenvalue weighted by Gasteiger charge is 2.42. The number of rotatable bonds is 6.